The van der Waals surface area contributed by atoms with Gasteiger partial charge < -0.3 is 10.6 Å². The van der Waals surface area contributed by atoms with E-state index in [2.05, 4.69) is 48.3 Å². The van der Waals surface area contributed by atoms with Crippen molar-refractivity contribution < 1.29 is 9.59 Å². The van der Waals surface area contributed by atoms with Crippen molar-refractivity contribution in [1.29, 1.82) is 0 Å². The van der Waals surface area contributed by atoms with Crippen molar-refractivity contribution in [3.05, 3.63) is 90.3 Å². The van der Waals surface area contributed by atoms with Crippen LogP contribution in [0.25, 0.3) is 11.1 Å². The summed E-state index contributed by atoms with van der Waals surface area (Å²) >= 11 is 0. The number of pyridine rings is 1. The molecular formula is C27H29N3O2. The Morgan fingerprint density at radius 2 is 1.69 bits per heavy atom. The molecule has 0 radical (unpaired) electrons. The van der Waals surface area contributed by atoms with Gasteiger partial charge in [0.05, 0.1) is 6.04 Å². The van der Waals surface area contributed by atoms with Crippen LogP contribution in [-0.2, 0) is 15.0 Å². The van der Waals surface area contributed by atoms with Gasteiger partial charge in [0.25, 0.3) is 0 Å². The Balaban J connectivity index is 1.51. The molecule has 1 saturated heterocycles. The minimum Gasteiger partial charge on any atom is -0.370 e. The van der Waals surface area contributed by atoms with E-state index in [4.69, 9.17) is 5.73 Å². The van der Waals surface area contributed by atoms with Crippen LogP contribution >= 0.6 is 0 Å². The largest absolute Gasteiger partial charge is 0.370 e. The molecule has 1 fully saturated rings. The molecular weight excluding hydrogens is 398 g/mol. The van der Waals surface area contributed by atoms with E-state index in [0.717, 1.165) is 28.7 Å². The second kappa shape index (κ2) is 9.35. The summed E-state index contributed by atoms with van der Waals surface area (Å²) in [6, 6.07) is 22.4. The molecule has 32 heavy (non-hydrogen) atoms. The highest BCUT2D eigenvalue weighted by atomic mass is 16.2. The second-order valence-corrected chi connectivity index (χ2v) is 8.66. The topological polar surface area (TPSA) is 76.3 Å². The van der Waals surface area contributed by atoms with E-state index < -0.39 is 0 Å². The number of benzene rings is 2. The second-order valence-electron chi connectivity index (χ2n) is 8.66. The first-order chi connectivity index (χ1) is 15.5. The first-order valence-corrected chi connectivity index (χ1v) is 11.1. The van der Waals surface area contributed by atoms with Crippen LogP contribution in [0, 0.1) is 0 Å². The fourth-order valence-electron chi connectivity index (χ4n) is 4.78. The fourth-order valence-corrected chi connectivity index (χ4v) is 4.78. The standard InChI is InChI=1S/C27H29N3O2/c1-20(21-7-9-22(10-8-21)23-12-16-29-17-13-23)30-18-15-27(19-26(30)32,14-11-25(28)31)24-5-3-2-4-6-24/h2-10,12-13,16-17,20H,11,14-15,18-19H2,1H3,(H2,28,31)/t20-,27-/m0/s1. The minimum atomic E-state index is -0.338. The predicted molar refractivity (Wildman–Crippen MR) is 126 cm³/mol. The Labute approximate surface area is 189 Å². The van der Waals surface area contributed by atoms with Gasteiger partial charge in [0, 0.05) is 37.2 Å². The van der Waals surface area contributed by atoms with Crippen LogP contribution in [0.2, 0.25) is 0 Å². The number of carbonyl (C=O) groups is 2. The van der Waals surface area contributed by atoms with Crippen LogP contribution in [0.3, 0.4) is 0 Å². The van der Waals surface area contributed by atoms with E-state index in [0.29, 0.717) is 19.4 Å². The molecule has 1 aliphatic rings. The zero-order valence-corrected chi connectivity index (χ0v) is 18.4. The van der Waals surface area contributed by atoms with E-state index in [1.54, 1.807) is 12.4 Å². The summed E-state index contributed by atoms with van der Waals surface area (Å²) in [7, 11) is 0. The maximum Gasteiger partial charge on any atom is 0.223 e. The molecule has 1 aromatic heterocycles. The number of rotatable bonds is 7. The highest BCUT2D eigenvalue weighted by Crippen LogP contribution is 2.42. The highest BCUT2D eigenvalue weighted by Gasteiger charge is 2.41. The number of amides is 2. The lowest BCUT2D eigenvalue weighted by molar-refractivity contribution is -0.139. The molecule has 5 heteroatoms. The van der Waals surface area contributed by atoms with Gasteiger partial charge >= 0.3 is 0 Å². The van der Waals surface area contributed by atoms with Gasteiger partial charge in [-0.3, -0.25) is 14.6 Å². The molecule has 3 aromatic rings. The lowest BCUT2D eigenvalue weighted by Gasteiger charge is -2.44. The Morgan fingerprint density at radius 1 is 1.03 bits per heavy atom. The van der Waals surface area contributed by atoms with Crippen molar-refractivity contribution in [3.8, 4) is 11.1 Å². The van der Waals surface area contributed by atoms with Crippen LogP contribution in [0.1, 0.15) is 49.8 Å². The first kappa shape index (κ1) is 21.8. The van der Waals surface area contributed by atoms with Gasteiger partial charge in [0.1, 0.15) is 0 Å². The van der Waals surface area contributed by atoms with Crippen molar-refractivity contribution >= 4 is 11.8 Å². The number of primary amides is 1. The SMILES string of the molecule is C[C@@H](c1ccc(-c2ccncc2)cc1)N1CC[C@](CCC(N)=O)(c2ccccc2)CC1=O. The summed E-state index contributed by atoms with van der Waals surface area (Å²) in [6.45, 7) is 2.73. The minimum absolute atomic E-state index is 0.0149. The van der Waals surface area contributed by atoms with Gasteiger partial charge in [-0.05, 0) is 54.2 Å². The summed E-state index contributed by atoms with van der Waals surface area (Å²) in [6.07, 6.45) is 5.67. The van der Waals surface area contributed by atoms with Crippen molar-refractivity contribution in [2.75, 3.05) is 6.54 Å². The molecule has 1 aliphatic heterocycles. The van der Waals surface area contributed by atoms with E-state index in [9.17, 15) is 9.59 Å². The number of hydrogen-bond donors (Lipinski definition) is 1. The number of aromatic nitrogens is 1. The summed E-state index contributed by atoms with van der Waals surface area (Å²) < 4.78 is 0. The molecule has 2 N–H and O–H groups in total. The normalized spacial score (nSPS) is 19.5. The number of likely N-dealkylation sites (tertiary alicyclic amines) is 1. The molecule has 0 unspecified atom stereocenters. The van der Waals surface area contributed by atoms with Gasteiger partial charge in [-0.25, -0.2) is 0 Å². The van der Waals surface area contributed by atoms with Crippen LogP contribution in [0.15, 0.2) is 79.1 Å². The highest BCUT2D eigenvalue weighted by molar-refractivity contribution is 5.80. The molecule has 2 heterocycles. The predicted octanol–water partition coefficient (Wildman–Crippen LogP) is 4.64. The zero-order valence-electron chi connectivity index (χ0n) is 18.4. The molecule has 0 spiro atoms. The van der Waals surface area contributed by atoms with E-state index in [-0.39, 0.29) is 29.7 Å². The maximum absolute atomic E-state index is 13.3. The Hall–Kier alpha value is -3.47. The van der Waals surface area contributed by atoms with Crippen LogP contribution in [-0.4, -0.2) is 28.2 Å². The lowest BCUT2D eigenvalue weighted by atomic mass is 9.69. The Bertz CT molecular complexity index is 1070. The number of nitrogens with two attached hydrogens (primary N) is 1. The van der Waals surface area contributed by atoms with E-state index in [1.165, 1.54) is 0 Å². The van der Waals surface area contributed by atoms with Crippen molar-refractivity contribution in [2.45, 2.75) is 44.1 Å². The molecule has 0 saturated carbocycles. The van der Waals surface area contributed by atoms with Crippen molar-refractivity contribution in [3.63, 3.8) is 0 Å². The molecule has 164 valence electrons. The number of piperidine rings is 1. The van der Waals surface area contributed by atoms with Crippen molar-refractivity contribution in [1.82, 2.24) is 9.88 Å². The summed E-state index contributed by atoms with van der Waals surface area (Å²) in [5, 5.41) is 0. The monoisotopic (exact) mass is 427 g/mol. The third kappa shape index (κ3) is 4.57. The molecule has 2 aromatic carbocycles. The van der Waals surface area contributed by atoms with Crippen molar-refractivity contribution in [2.24, 2.45) is 5.73 Å². The smallest absolute Gasteiger partial charge is 0.223 e. The fraction of sp³-hybridized carbons (Fsp3) is 0.296. The third-order valence-electron chi connectivity index (χ3n) is 6.75. The molecule has 5 nitrogen and oxygen atoms in total. The average Bonchev–Trinajstić information content (AvgIpc) is 2.83. The molecule has 0 bridgehead atoms. The van der Waals surface area contributed by atoms with Crippen LogP contribution in [0.4, 0.5) is 0 Å². The number of carbonyl (C=O) groups excluding carboxylic acids is 2. The number of nitrogens with zero attached hydrogens (tertiary/aromatic N) is 2. The van der Waals surface area contributed by atoms with Gasteiger partial charge in [0.2, 0.25) is 11.8 Å². The van der Waals surface area contributed by atoms with Crippen LogP contribution < -0.4 is 5.73 Å². The van der Waals surface area contributed by atoms with E-state index >= 15 is 0 Å². The van der Waals surface area contributed by atoms with Gasteiger partial charge in [0.15, 0.2) is 0 Å². The molecule has 0 aliphatic carbocycles. The van der Waals surface area contributed by atoms with Crippen LogP contribution in [0.5, 0.6) is 0 Å². The quantitative estimate of drug-likeness (QED) is 0.597. The first-order valence-electron chi connectivity index (χ1n) is 11.1. The van der Waals surface area contributed by atoms with Gasteiger partial charge in [-0.2, -0.15) is 0 Å². The molecule has 4 rings (SSSR count). The molecule has 2 amide bonds. The summed E-state index contributed by atoms with van der Waals surface area (Å²) in [5.74, 6) is -0.201. The summed E-state index contributed by atoms with van der Waals surface area (Å²) in [4.78, 5) is 30.9. The summed E-state index contributed by atoms with van der Waals surface area (Å²) in [5.41, 5.74) is 9.59. The molecule has 2 atom stereocenters. The lowest BCUT2D eigenvalue weighted by Crippen LogP contribution is -2.47. The van der Waals surface area contributed by atoms with Gasteiger partial charge in [-0.15, -0.1) is 0 Å². The average molecular weight is 428 g/mol. The zero-order chi connectivity index (χ0) is 22.6. The Morgan fingerprint density at radius 3 is 2.31 bits per heavy atom. The maximum atomic E-state index is 13.3. The van der Waals surface area contributed by atoms with Gasteiger partial charge in [-0.1, -0.05) is 54.6 Å². The number of hydrogen-bond acceptors (Lipinski definition) is 3. The third-order valence-corrected chi connectivity index (χ3v) is 6.75. The van der Waals surface area contributed by atoms with E-state index in [1.807, 2.05) is 35.2 Å². The Kier molecular flexibility index (Phi) is 6.35.